The summed E-state index contributed by atoms with van der Waals surface area (Å²) < 4.78 is 23.4. The van der Waals surface area contributed by atoms with Crippen LogP contribution in [0.1, 0.15) is 24.8 Å². The van der Waals surface area contributed by atoms with Crippen LogP contribution in [0.3, 0.4) is 0 Å². The van der Waals surface area contributed by atoms with Crippen LogP contribution in [0, 0.1) is 6.92 Å². The fourth-order valence-electron chi connectivity index (χ4n) is 3.32. The molecular formula is C19H24N4O5S. The van der Waals surface area contributed by atoms with Gasteiger partial charge in [-0.25, -0.2) is 13.4 Å². The molecule has 10 heteroatoms. The standard InChI is InChI=1S/C19H24N4O5S/c1-13-3-5-14(6-4-13)20-17(24)11-22(2)19(26)16-7-8-18(25)23(21-16)15-9-10-29(27,28)12-15/h3-6,15H,7-12H2,1-2H3,(H,20,24). The molecule has 0 spiro atoms. The van der Waals surface area contributed by atoms with Crippen LogP contribution >= 0.6 is 0 Å². The number of likely N-dealkylation sites (N-methyl/N-ethyl adjacent to an activating group) is 1. The molecule has 0 radical (unpaired) electrons. The third-order valence-corrected chi connectivity index (χ3v) is 6.67. The second-order valence-electron chi connectivity index (χ2n) is 7.42. The number of amides is 3. The van der Waals surface area contributed by atoms with E-state index in [0.29, 0.717) is 12.1 Å². The number of sulfone groups is 1. The summed E-state index contributed by atoms with van der Waals surface area (Å²) in [6.07, 6.45) is 0.565. The molecule has 2 heterocycles. The molecule has 2 aliphatic heterocycles. The molecule has 0 aliphatic carbocycles. The molecule has 3 rings (SSSR count). The van der Waals surface area contributed by atoms with E-state index in [1.807, 2.05) is 19.1 Å². The molecule has 1 aromatic carbocycles. The number of nitrogens with one attached hydrogen (secondary N) is 1. The Bertz CT molecular complexity index is 955. The predicted octanol–water partition coefficient (Wildman–Crippen LogP) is 0.557. The largest absolute Gasteiger partial charge is 0.331 e. The first kappa shape index (κ1) is 21.0. The second kappa shape index (κ2) is 8.32. The van der Waals surface area contributed by atoms with Crippen LogP contribution < -0.4 is 5.32 Å². The lowest BCUT2D eigenvalue weighted by molar-refractivity contribution is -0.134. The van der Waals surface area contributed by atoms with Crippen LogP contribution in [0.2, 0.25) is 0 Å². The van der Waals surface area contributed by atoms with E-state index in [2.05, 4.69) is 10.4 Å². The summed E-state index contributed by atoms with van der Waals surface area (Å²) in [5.74, 6) is -1.22. The first-order valence-corrected chi connectivity index (χ1v) is 11.2. The molecule has 3 amide bonds. The number of carbonyl (C=O) groups excluding carboxylic acids is 3. The minimum Gasteiger partial charge on any atom is -0.331 e. The van der Waals surface area contributed by atoms with Gasteiger partial charge in [0.15, 0.2) is 9.84 Å². The maximum Gasteiger partial charge on any atom is 0.270 e. The summed E-state index contributed by atoms with van der Waals surface area (Å²) in [4.78, 5) is 38.3. The van der Waals surface area contributed by atoms with Crippen molar-refractivity contribution in [1.82, 2.24) is 9.91 Å². The van der Waals surface area contributed by atoms with Crippen molar-refractivity contribution in [2.75, 3.05) is 30.4 Å². The highest BCUT2D eigenvalue weighted by molar-refractivity contribution is 7.91. The van der Waals surface area contributed by atoms with Crippen molar-refractivity contribution in [1.29, 1.82) is 0 Å². The maximum absolute atomic E-state index is 12.7. The predicted molar refractivity (Wildman–Crippen MR) is 108 cm³/mol. The van der Waals surface area contributed by atoms with E-state index in [1.165, 1.54) is 11.9 Å². The minimum atomic E-state index is -3.18. The highest BCUT2D eigenvalue weighted by atomic mass is 32.2. The van der Waals surface area contributed by atoms with Crippen LogP contribution in [-0.2, 0) is 24.2 Å². The molecule has 1 aromatic rings. The smallest absolute Gasteiger partial charge is 0.270 e. The van der Waals surface area contributed by atoms with Gasteiger partial charge < -0.3 is 10.2 Å². The Morgan fingerprint density at radius 2 is 1.93 bits per heavy atom. The highest BCUT2D eigenvalue weighted by Gasteiger charge is 2.37. The molecule has 1 N–H and O–H groups in total. The van der Waals surface area contributed by atoms with E-state index in [0.717, 1.165) is 10.6 Å². The lowest BCUT2D eigenvalue weighted by Gasteiger charge is -2.28. The van der Waals surface area contributed by atoms with Crippen LogP contribution in [0.15, 0.2) is 29.4 Å². The van der Waals surface area contributed by atoms with E-state index in [1.54, 1.807) is 12.1 Å². The van der Waals surface area contributed by atoms with Gasteiger partial charge >= 0.3 is 0 Å². The van der Waals surface area contributed by atoms with E-state index < -0.39 is 21.8 Å². The van der Waals surface area contributed by atoms with E-state index in [-0.39, 0.29) is 48.4 Å². The Morgan fingerprint density at radius 1 is 1.24 bits per heavy atom. The summed E-state index contributed by atoms with van der Waals surface area (Å²) in [5, 5.41) is 8.01. The molecule has 2 aliphatic rings. The maximum atomic E-state index is 12.7. The molecule has 1 unspecified atom stereocenters. The normalized spacial score (nSPS) is 20.9. The fourth-order valence-corrected chi connectivity index (χ4v) is 5.02. The van der Waals surface area contributed by atoms with Gasteiger partial charge in [0.25, 0.3) is 5.91 Å². The van der Waals surface area contributed by atoms with Gasteiger partial charge in [-0.1, -0.05) is 17.7 Å². The molecular weight excluding hydrogens is 396 g/mol. The number of rotatable bonds is 5. The van der Waals surface area contributed by atoms with Crippen molar-refractivity contribution in [3.05, 3.63) is 29.8 Å². The van der Waals surface area contributed by atoms with Gasteiger partial charge in [0.1, 0.15) is 5.71 Å². The van der Waals surface area contributed by atoms with Gasteiger partial charge in [0.2, 0.25) is 11.8 Å². The van der Waals surface area contributed by atoms with Gasteiger partial charge in [-0.05, 0) is 25.5 Å². The lowest BCUT2D eigenvalue weighted by atomic mass is 10.1. The van der Waals surface area contributed by atoms with Gasteiger partial charge in [-0.15, -0.1) is 0 Å². The number of benzene rings is 1. The summed E-state index contributed by atoms with van der Waals surface area (Å²) in [7, 11) is -1.70. The Balaban J connectivity index is 1.63. The number of aryl methyl sites for hydroxylation is 1. The van der Waals surface area contributed by atoms with E-state index >= 15 is 0 Å². The van der Waals surface area contributed by atoms with E-state index in [9.17, 15) is 22.8 Å². The highest BCUT2D eigenvalue weighted by Crippen LogP contribution is 2.22. The number of hydrogen-bond donors (Lipinski definition) is 1. The van der Waals surface area contributed by atoms with Crippen LogP contribution in [-0.4, -0.2) is 72.9 Å². The minimum absolute atomic E-state index is 0.0132. The van der Waals surface area contributed by atoms with Crippen molar-refractivity contribution in [2.45, 2.75) is 32.2 Å². The summed E-state index contributed by atoms with van der Waals surface area (Å²) in [5.41, 5.74) is 1.86. The monoisotopic (exact) mass is 420 g/mol. The van der Waals surface area contributed by atoms with Crippen molar-refractivity contribution in [3.8, 4) is 0 Å². The summed E-state index contributed by atoms with van der Waals surface area (Å²) in [6.45, 7) is 1.77. The van der Waals surface area contributed by atoms with Crippen molar-refractivity contribution in [3.63, 3.8) is 0 Å². The Morgan fingerprint density at radius 3 is 2.55 bits per heavy atom. The van der Waals surface area contributed by atoms with Crippen LogP contribution in [0.25, 0.3) is 0 Å². The van der Waals surface area contributed by atoms with Crippen molar-refractivity contribution < 1.29 is 22.8 Å². The molecule has 9 nitrogen and oxygen atoms in total. The first-order chi connectivity index (χ1) is 13.6. The lowest BCUT2D eigenvalue weighted by Crippen LogP contribution is -2.45. The van der Waals surface area contributed by atoms with E-state index in [4.69, 9.17) is 0 Å². The molecule has 156 valence electrons. The SMILES string of the molecule is Cc1ccc(NC(=O)CN(C)C(=O)C2=NN(C3CCS(=O)(=O)C3)C(=O)CC2)cc1. The third kappa shape index (κ3) is 5.20. The molecule has 1 saturated heterocycles. The summed E-state index contributed by atoms with van der Waals surface area (Å²) >= 11 is 0. The first-order valence-electron chi connectivity index (χ1n) is 9.36. The topological polar surface area (TPSA) is 116 Å². The number of nitrogens with zero attached hydrogens (tertiary/aromatic N) is 3. The zero-order chi connectivity index (χ0) is 21.2. The second-order valence-corrected chi connectivity index (χ2v) is 9.65. The molecule has 29 heavy (non-hydrogen) atoms. The molecule has 0 bridgehead atoms. The van der Waals surface area contributed by atoms with Crippen LogP contribution in [0.5, 0.6) is 0 Å². The van der Waals surface area contributed by atoms with Gasteiger partial charge in [0, 0.05) is 25.6 Å². The average Bonchev–Trinajstić information content (AvgIpc) is 3.03. The van der Waals surface area contributed by atoms with Gasteiger partial charge in [-0.3, -0.25) is 14.4 Å². The summed E-state index contributed by atoms with van der Waals surface area (Å²) in [6, 6.07) is 6.76. The Hall–Kier alpha value is -2.75. The van der Waals surface area contributed by atoms with Crippen LogP contribution in [0.4, 0.5) is 5.69 Å². The van der Waals surface area contributed by atoms with Crippen molar-refractivity contribution >= 4 is 39.0 Å². The average molecular weight is 420 g/mol. The Kier molecular flexibility index (Phi) is 6.02. The van der Waals surface area contributed by atoms with Crippen molar-refractivity contribution in [2.24, 2.45) is 5.10 Å². The number of hydrogen-bond acceptors (Lipinski definition) is 6. The molecule has 1 fully saturated rings. The fraction of sp³-hybridized carbons (Fsp3) is 0.474. The van der Waals surface area contributed by atoms with Gasteiger partial charge in [0.05, 0.1) is 24.1 Å². The zero-order valence-electron chi connectivity index (χ0n) is 16.4. The van der Waals surface area contributed by atoms with Gasteiger partial charge in [-0.2, -0.15) is 5.10 Å². The zero-order valence-corrected chi connectivity index (χ0v) is 17.2. The number of anilines is 1. The number of hydrazone groups is 1. The molecule has 0 saturated carbocycles. The molecule has 1 atom stereocenters. The quantitative estimate of drug-likeness (QED) is 0.747. The third-order valence-electron chi connectivity index (χ3n) is 4.92. The molecule has 0 aromatic heterocycles. The number of carbonyl (C=O) groups is 3. The Labute approximate surface area is 169 Å².